The van der Waals surface area contributed by atoms with Crippen LogP contribution in [-0.4, -0.2) is 43.9 Å². The Morgan fingerprint density at radius 1 is 1.19 bits per heavy atom. The molecule has 0 bridgehead atoms. The maximum absolute atomic E-state index is 12.3. The van der Waals surface area contributed by atoms with Gasteiger partial charge in [0.05, 0.1) is 22.8 Å². The van der Waals surface area contributed by atoms with Crippen molar-refractivity contribution in [3.63, 3.8) is 0 Å². The van der Waals surface area contributed by atoms with Gasteiger partial charge in [0.2, 0.25) is 15.9 Å². The Kier molecular flexibility index (Phi) is 7.31. The van der Waals surface area contributed by atoms with E-state index in [4.69, 9.17) is 9.15 Å². The van der Waals surface area contributed by atoms with Gasteiger partial charge in [-0.3, -0.25) is 4.79 Å². The maximum Gasteiger partial charge on any atom is 0.277 e. The van der Waals surface area contributed by atoms with Crippen LogP contribution >= 0.6 is 11.8 Å². The Bertz CT molecular complexity index is 1180. The van der Waals surface area contributed by atoms with Gasteiger partial charge in [-0.05, 0) is 50.7 Å². The fourth-order valence-corrected chi connectivity index (χ4v) is 4.26. The lowest BCUT2D eigenvalue weighted by Gasteiger charge is -2.10. The summed E-state index contributed by atoms with van der Waals surface area (Å²) >= 11 is 1.08. The van der Waals surface area contributed by atoms with Crippen LogP contribution in [0, 0.1) is 6.92 Å². The third kappa shape index (κ3) is 5.63. The molecule has 0 aliphatic heterocycles. The summed E-state index contributed by atoms with van der Waals surface area (Å²) in [5.74, 6) is 0.606. The zero-order valence-electron chi connectivity index (χ0n) is 17.2. The first-order valence-corrected chi connectivity index (χ1v) is 11.8. The van der Waals surface area contributed by atoms with Crippen molar-refractivity contribution >= 4 is 33.4 Å². The number of hydrogen-bond acceptors (Lipinski definition) is 8. The molecule has 9 nitrogen and oxygen atoms in total. The second-order valence-electron chi connectivity index (χ2n) is 6.33. The van der Waals surface area contributed by atoms with E-state index in [1.54, 1.807) is 19.1 Å². The average Bonchev–Trinajstić information content (AvgIpc) is 3.23. The number of amides is 1. The van der Waals surface area contributed by atoms with Gasteiger partial charge in [0.25, 0.3) is 11.1 Å². The predicted molar refractivity (Wildman–Crippen MR) is 118 cm³/mol. The zero-order valence-corrected chi connectivity index (χ0v) is 18.8. The predicted octanol–water partition coefficient (Wildman–Crippen LogP) is 3.08. The molecule has 0 fully saturated rings. The van der Waals surface area contributed by atoms with Crippen LogP contribution in [0.25, 0.3) is 11.5 Å². The number of anilines is 1. The first-order valence-electron chi connectivity index (χ1n) is 9.36. The molecule has 1 heterocycles. The molecule has 0 atom stereocenters. The number of ether oxygens (including phenoxy) is 1. The molecule has 0 aliphatic rings. The molecule has 1 aromatic heterocycles. The van der Waals surface area contributed by atoms with Gasteiger partial charge >= 0.3 is 0 Å². The topological polar surface area (TPSA) is 123 Å². The summed E-state index contributed by atoms with van der Waals surface area (Å²) in [5.41, 5.74) is 1.63. The molecule has 1 amide bonds. The number of aromatic nitrogens is 2. The van der Waals surface area contributed by atoms with E-state index in [9.17, 15) is 13.2 Å². The number of carbonyl (C=O) groups is 1. The number of carbonyl (C=O) groups excluding carboxylic acids is 1. The van der Waals surface area contributed by atoms with E-state index in [2.05, 4.69) is 20.2 Å². The second kappa shape index (κ2) is 9.94. The molecule has 164 valence electrons. The summed E-state index contributed by atoms with van der Waals surface area (Å²) in [7, 11) is -2.29. The Hall–Kier alpha value is -2.89. The molecule has 2 aromatic carbocycles. The minimum absolute atomic E-state index is 0.0106. The standard InChI is InChI=1S/C20H22N4O5S2/c1-4-28-16-8-6-5-7-15(16)19-23-24-20(29-19)30-12-18(25)22-14-10-9-13(2)17(11-14)31(26,27)21-3/h5-11,21H,4,12H2,1-3H3,(H,22,25). The van der Waals surface area contributed by atoms with Crippen molar-refractivity contribution in [2.75, 3.05) is 24.7 Å². The van der Waals surface area contributed by atoms with E-state index in [0.717, 1.165) is 11.8 Å². The molecule has 3 aromatic rings. The second-order valence-corrected chi connectivity index (χ2v) is 9.11. The summed E-state index contributed by atoms with van der Waals surface area (Å²) in [5, 5.41) is 10.9. The lowest BCUT2D eigenvalue weighted by atomic mass is 10.2. The number of aryl methyl sites for hydroxylation is 1. The van der Waals surface area contributed by atoms with Crippen molar-refractivity contribution in [2.24, 2.45) is 0 Å². The maximum atomic E-state index is 12.3. The Labute approximate surface area is 184 Å². The fraction of sp³-hybridized carbons (Fsp3) is 0.250. The molecule has 2 N–H and O–H groups in total. The van der Waals surface area contributed by atoms with Gasteiger partial charge in [-0.25, -0.2) is 13.1 Å². The Balaban J connectivity index is 1.65. The molecular weight excluding hydrogens is 440 g/mol. The minimum Gasteiger partial charge on any atom is -0.493 e. The van der Waals surface area contributed by atoms with Gasteiger partial charge in [-0.15, -0.1) is 10.2 Å². The smallest absolute Gasteiger partial charge is 0.277 e. The van der Waals surface area contributed by atoms with Crippen molar-refractivity contribution in [3.8, 4) is 17.2 Å². The third-order valence-corrected chi connectivity index (χ3v) is 6.56. The monoisotopic (exact) mass is 462 g/mol. The number of rotatable bonds is 9. The number of thioether (sulfide) groups is 1. The number of hydrogen-bond donors (Lipinski definition) is 2. The van der Waals surface area contributed by atoms with Crippen molar-refractivity contribution < 1.29 is 22.4 Å². The molecule has 0 saturated carbocycles. The summed E-state index contributed by atoms with van der Waals surface area (Å²) in [6.45, 7) is 4.07. The van der Waals surface area contributed by atoms with Crippen LogP contribution in [0.2, 0.25) is 0 Å². The molecule has 11 heteroatoms. The van der Waals surface area contributed by atoms with E-state index in [0.29, 0.717) is 35.1 Å². The summed E-state index contributed by atoms with van der Waals surface area (Å²) in [6.07, 6.45) is 0. The molecule has 31 heavy (non-hydrogen) atoms. The summed E-state index contributed by atoms with van der Waals surface area (Å²) in [6, 6.07) is 12.0. The Morgan fingerprint density at radius 3 is 2.71 bits per heavy atom. The fourth-order valence-electron chi connectivity index (χ4n) is 2.70. The van der Waals surface area contributed by atoms with Gasteiger partial charge in [0, 0.05) is 5.69 Å². The number of benzene rings is 2. The van der Waals surface area contributed by atoms with Crippen molar-refractivity contribution in [2.45, 2.75) is 24.0 Å². The van der Waals surface area contributed by atoms with Crippen LogP contribution < -0.4 is 14.8 Å². The lowest BCUT2D eigenvalue weighted by molar-refractivity contribution is -0.113. The van der Waals surface area contributed by atoms with E-state index < -0.39 is 10.0 Å². The third-order valence-electron chi connectivity index (χ3n) is 4.18. The molecular formula is C20H22N4O5S2. The van der Waals surface area contributed by atoms with Crippen LogP contribution in [0.4, 0.5) is 5.69 Å². The van der Waals surface area contributed by atoms with Crippen LogP contribution in [0.15, 0.2) is 57.0 Å². The number of sulfonamides is 1. The minimum atomic E-state index is -3.62. The van der Waals surface area contributed by atoms with Gasteiger partial charge < -0.3 is 14.5 Å². The average molecular weight is 463 g/mol. The van der Waals surface area contributed by atoms with Gasteiger partial charge in [0.1, 0.15) is 5.75 Å². The summed E-state index contributed by atoms with van der Waals surface area (Å²) in [4.78, 5) is 12.4. The molecule has 0 aliphatic carbocycles. The van der Waals surface area contributed by atoms with Crippen LogP contribution in [-0.2, 0) is 14.8 Å². The van der Waals surface area contributed by atoms with E-state index in [1.165, 1.54) is 13.1 Å². The van der Waals surface area contributed by atoms with Crippen LogP contribution in [0.1, 0.15) is 12.5 Å². The molecule has 0 unspecified atom stereocenters. The van der Waals surface area contributed by atoms with E-state index in [1.807, 2.05) is 31.2 Å². The van der Waals surface area contributed by atoms with Crippen molar-refractivity contribution in [1.29, 1.82) is 0 Å². The van der Waals surface area contributed by atoms with Crippen LogP contribution in [0.5, 0.6) is 5.75 Å². The highest BCUT2D eigenvalue weighted by molar-refractivity contribution is 7.99. The normalized spacial score (nSPS) is 11.3. The highest BCUT2D eigenvalue weighted by Crippen LogP contribution is 2.30. The quantitative estimate of drug-likeness (QED) is 0.465. The zero-order chi connectivity index (χ0) is 22.4. The highest BCUT2D eigenvalue weighted by Gasteiger charge is 2.17. The molecule has 3 rings (SSSR count). The number of nitrogens with zero attached hydrogens (tertiary/aromatic N) is 2. The van der Waals surface area contributed by atoms with Gasteiger partial charge in [-0.2, -0.15) is 0 Å². The highest BCUT2D eigenvalue weighted by atomic mass is 32.2. The van der Waals surface area contributed by atoms with Crippen LogP contribution in [0.3, 0.4) is 0 Å². The van der Waals surface area contributed by atoms with E-state index >= 15 is 0 Å². The first-order chi connectivity index (χ1) is 14.8. The number of nitrogens with one attached hydrogen (secondary N) is 2. The van der Waals surface area contributed by atoms with Crippen molar-refractivity contribution in [1.82, 2.24) is 14.9 Å². The Morgan fingerprint density at radius 2 is 1.97 bits per heavy atom. The molecule has 0 spiro atoms. The van der Waals surface area contributed by atoms with Crippen molar-refractivity contribution in [3.05, 3.63) is 48.0 Å². The first kappa shape index (κ1) is 22.8. The number of para-hydroxylation sites is 1. The molecule has 0 saturated heterocycles. The van der Waals surface area contributed by atoms with Gasteiger partial charge in [0.15, 0.2) is 0 Å². The lowest BCUT2D eigenvalue weighted by Crippen LogP contribution is -2.20. The largest absolute Gasteiger partial charge is 0.493 e. The molecule has 0 radical (unpaired) electrons. The SMILES string of the molecule is CCOc1ccccc1-c1nnc(SCC(=O)Nc2ccc(C)c(S(=O)(=O)NC)c2)o1. The van der Waals surface area contributed by atoms with E-state index in [-0.39, 0.29) is 21.8 Å². The summed E-state index contributed by atoms with van der Waals surface area (Å²) < 4.78 is 37.7. The van der Waals surface area contributed by atoms with Gasteiger partial charge in [-0.1, -0.05) is 30.0 Å².